The van der Waals surface area contributed by atoms with Gasteiger partial charge in [0.2, 0.25) is 0 Å². The summed E-state index contributed by atoms with van der Waals surface area (Å²) in [6, 6.07) is 5.03. The lowest BCUT2D eigenvalue weighted by atomic mass is 10.0. The van der Waals surface area contributed by atoms with Crippen molar-refractivity contribution in [1.82, 2.24) is 0 Å². The second-order valence-electron chi connectivity index (χ2n) is 3.43. The van der Waals surface area contributed by atoms with Crippen molar-refractivity contribution in [2.24, 2.45) is 0 Å². The quantitative estimate of drug-likeness (QED) is 0.787. The number of hydrogen-bond donors (Lipinski definition) is 0. The molecule has 0 spiro atoms. The molecule has 0 N–H and O–H groups in total. The molecule has 1 aromatic carbocycles. The van der Waals surface area contributed by atoms with Crippen LogP contribution in [0.15, 0.2) is 41.2 Å². The van der Waals surface area contributed by atoms with E-state index in [1.54, 1.807) is 6.07 Å². The standard InChI is InChI=1S/C12H7F3O3/c13-12(14,15)18-10-2-1-8(6-16)11(5-10)9-3-4-17-7-9/h1-7H. The smallest absolute Gasteiger partial charge is 0.472 e. The fourth-order valence-corrected chi connectivity index (χ4v) is 1.50. The zero-order valence-corrected chi connectivity index (χ0v) is 8.90. The molecule has 0 radical (unpaired) electrons. The number of carbonyl (C=O) groups is 1. The fourth-order valence-electron chi connectivity index (χ4n) is 1.50. The number of benzene rings is 1. The number of alkyl halides is 3. The maximum Gasteiger partial charge on any atom is 0.573 e. The molecule has 0 fully saturated rings. The first-order valence-electron chi connectivity index (χ1n) is 4.87. The van der Waals surface area contributed by atoms with Gasteiger partial charge in [-0.25, -0.2) is 0 Å². The average molecular weight is 256 g/mol. The highest BCUT2D eigenvalue weighted by atomic mass is 19.4. The first-order chi connectivity index (χ1) is 8.49. The van der Waals surface area contributed by atoms with Crippen LogP contribution in [-0.4, -0.2) is 12.6 Å². The van der Waals surface area contributed by atoms with E-state index < -0.39 is 6.36 Å². The van der Waals surface area contributed by atoms with Crippen molar-refractivity contribution in [3.8, 4) is 16.9 Å². The third-order valence-electron chi connectivity index (χ3n) is 2.22. The molecule has 18 heavy (non-hydrogen) atoms. The summed E-state index contributed by atoms with van der Waals surface area (Å²) in [5.74, 6) is -0.385. The zero-order valence-electron chi connectivity index (χ0n) is 8.90. The predicted octanol–water partition coefficient (Wildman–Crippen LogP) is 3.66. The molecule has 1 heterocycles. The van der Waals surface area contributed by atoms with Crippen LogP contribution in [0.3, 0.4) is 0 Å². The van der Waals surface area contributed by atoms with Crippen molar-refractivity contribution >= 4 is 6.29 Å². The van der Waals surface area contributed by atoms with Gasteiger partial charge in [-0.2, -0.15) is 0 Å². The average Bonchev–Trinajstić information content (AvgIpc) is 2.80. The second kappa shape index (κ2) is 4.56. The molecule has 3 nitrogen and oxygen atoms in total. The lowest BCUT2D eigenvalue weighted by molar-refractivity contribution is -0.274. The highest BCUT2D eigenvalue weighted by molar-refractivity contribution is 5.87. The molecule has 94 valence electrons. The summed E-state index contributed by atoms with van der Waals surface area (Å²) in [6.07, 6.45) is -1.52. The van der Waals surface area contributed by atoms with Crippen LogP contribution in [0, 0.1) is 0 Å². The number of halogens is 3. The van der Waals surface area contributed by atoms with Gasteiger partial charge in [-0.15, -0.1) is 13.2 Å². The minimum absolute atomic E-state index is 0.255. The SMILES string of the molecule is O=Cc1ccc(OC(F)(F)F)cc1-c1ccoc1. The molecule has 0 bridgehead atoms. The van der Waals surface area contributed by atoms with Gasteiger partial charge in [-0.3, -0.25) is 4.79 Å². The van der Waals surface area contributed by atoms with E-state index >= 15 is 0 Å². The summed E-state index contributed by atoms with van der Waals surface area (Å²) in [5.41, 5.74) is 1.08. The summed E-state index contributed by atoms with van der Waals surface area (Å²) in [5, 5.41) is 0. The molecule has 0 aliphatic heterocycles. The zero-order chi connectivity index (χ0) is 13.2. The Morgan fingerprint density at radius 1 is 1.22 bits per heavy atom. The van der Waals surface area contributed by atoms with Crippen molar-refractivity contribution in [3.63, 3.8) is 0 Å². The van der Waals surface area contributed by atoms with Crippen molar-refractivity contribution in [2.75, 3.05) is 0 Å². The first kappa shape index (κ1) is 12.2. The number of aldehydes is 1. The van der Waals surface area contributed by atoms with Crippen LogP contribution in [0.5, 0.6) is 5.75 Å². The van der Waals surface area contributed by atoms with E-state index in [1.807, 2.05) is 0 Å². The van der Waals surface area contributed by atoms with Gasteiger partial charge >= 0.3 is 6.36 Å². The Balaban J connectivity index is 2.43. The van der Waals surface area contributed by atoms with Crippen LogP contribution < -0.4 is 4.74 Å². The van der Waals surface area contributed by atoms with Gasteiger partial charge in [0.25, 0.3) is 0 Å². The van der Waals surface area contributed by atoms with Gasteiger partial charge in [0.15, 0.2) is 6.29 Å². The summed E-state index contributed by atoms with van der Waals surface area (Å²) < 4.78 is 44.9. The number of carbonyl (C=O) groups excluding carboxylic acids is 1. The highest BCUT2D eigenvalue weighted by Gasteiger charge is 2.31. The Kier molecular flexibility index (Phi) is 3.10. The second-order valence-corrected chi connectivity index (χ2v) is 3.43. The molecule has 0 aliphatic carbocycles. The van der Waals surface area contributed by atoms with E-state index in [2.05, 4.69) is 4.74 Å². The lowest BCUT2D eigenvalue weighted by Crippen LogP contribution is -2.17. The maximum absolute atomic E-state index is 12.1. The van der Waals surface area contributed by atoms with E-state index in [9.17, 15) is 18.0 Å². The van der Waals surface area contributed by atoms with Gasteiger partial charge in [-0.1, -0.05) is 0 Å². The summed E-state index contributed by atoms with van der Waals surface area (Å²) >= 11 is 0. The number of rotatable bonds is 3. The molecular formula is C12H7F3O3. The van der Waals surface area contributed by atoms with Crippen LogP contribution in [0.2, 0.25) is 0 Å². The molecule has 0 unspecified atom stereocenters. The molecule has 2 rings (SSSR count). The topological polar surface area (TPSA) is 39.4 Å². The molecule has 1 aromatic heterocycles. The highest BCUT2D eigenvalue weighted by Crippen LogP contribution is 2.30. The normalized spacial score (nSPS) is 11.3. The molecule has 2 aromatic rings. The molecule has 0 amide bonds. The van der Waals surface area contributed by atoms with Gasteiger partial charge in [-0.05, 0) is 29.8 Å². The van der Waals surface area contributed by atoms with Gasteiger partial charge in [0.05, 0.1) is 12.5 Å². The number of hydrogen-bond acceptors (Lipinski definition) is 3. The van der Waals surface area contributed by atoms with Crippen molar-refractivity contribution in [2.45, 2.75) is 6.36 Å². The monoisotopic (exact) mass is 256 g/mol. The summed E-state index contributed by atoms with van der Waals surface area (Å²) in [4.78, 5) is 10.8. The Morgan fingerprint density at radius 3 is 2.56 bits per heavy atom. The van der Waals surface area contributed by atoms with Gasteiger partial charge in [0.1, 0.15) is 5.75 Å². The van der Waals surface area contributed by atoms with Crippen LogP contribution in [0.25, 0.3) is 11.1 Å². The minimum Gasteiger partial charge on any atom is -0.472 e. The molecule has 0 atom stereocenters. The molecule has 0 saturated carbocycles. The van der Waals surface area contributed by atoms with Crippen molar-refractivity contribution < 1.29 is 27.1 Å². The minimum atomic E-state index is -4.77. The molecule has 6 heteroatoms. The fraction of sp³-hybridized carbons (Fsp3) is 0.0833. The molecule has 0 saturated heterocycles. The number of furan rings is 1. The van der Waals surface area contributed by atoms with E-state index in [-0.39, 0.29) is 11.3 Å². The van der Waals surface area contributed by atoms with Gasteiger partial charge in [0, 0.05) is 11.1 Å². The van der Waals surface area contributed by atoms with Crippen LogP contribution in [0.1, 0.15) is 10.4 Å². The van der Waals surface area contributed by atoms with Crippen LogP contribution in [0.4, 0.5) is 13.2 Å². The third-order valence-corrected chi connectivity index (χ3v) is 2.22. The van der Waals surface area contributed by atoms with Gasteiger partial charge < -0.3 is 9.15 Å². The Hall–Kier alpha value is -2.24. The lowest BCUT2D eigenvalue weighted by Gasteiger charge is -2.10. The maximum atomic E-state index is 12.1. The summed E-state index contributed by atoms with van der Waals surface area (Å²) in [6.45, 7) is 0. The van der Waals surface area contributed by atoms with Crippen LogP contribution in [-0.2, 0) is 0 Å². The van der Waals surface area contributed by atoms with Crippen molar-refractivity contribution in [1.29, 1.82) is 0 Å². The molecular weight excluding hydrogens is 249 g/mol. The molecule has 0 aliphatic rings. The largest absolute Gasteiger partial charge is 0.573 e. The third kappa shape index (κ3) is 2.71. The number of ether oxygens (including phenoxy) is 1. The van der Waals surface area contributed by atoms with E-state index in [1.165, 1.54) is 18.6 Å². The Labute approximate surface area is 99.8 Å². The van der Waals surface area contributed by atoms with E-state index in [0.717, 1.165) is 12.1 Å². The Morgan fingerprint density at radius 2 is 2.00 bits per heavy atom. The summed E-state index contributed by atoms with van der Waals surface area (Å²) in [7, 11) is 0. The van der Waals surface area contributed by atoms with E-state index in [0.29, 0.717) is 17.4 Å². The van der Waals surface area contributed by atoms with Crippen LogP contribution >= 0.6 is 0 Å². The van der Waals surface area contributed by atoms with E-state index in [4.69, 9.17) is 4.42 Å². The predicted molar refractivity (Wildman–Crippen MR) is 56.2 cm³/mol. The Bertz CT molecular complexity index is 544. The first-order valence-corrected chi connectivity index (χ1v) is 4.87. The van der Waals surface area contributed by atoms with Crippen molar-refractivity contribution in [3.05, 3.63) is 42.4 Å².